The summed E-state index contributed by atoms with van der Waals surface area (Å²) in [5, 5.41) is 13.3. The van der Waals surface area contributed by atoms with E-state index >= 15 is 0 Å². The van der Waals surface area contributed by atoms with Gasteiger partial charge in [0.15, 0.2) is 5.69 Å². The molecule has 7 nitrogen and oxygen atoms in total. The molecule has 7 heteroatoms. The molecule has 130 valence electrons. The van der Waals surface area contributed by atoms with Crippen molar-refractivity contribution in [1.82, 2.24) is 14.7 Å². The number of aryl methyl sites for hydroxylation is 1. The summed E-state index contributed by atoms with van der Waals surface area (Å²) in [7, 11) is 0. The van der Waals surface area contributed by atoms with Crippen molar-refractivity contribution in [3.63, 3.8) is 0 Å². The van der Waals surface area contributed by atoms with Crippen LogP contribution >= 0.6 is 0 Å². The van der Waals surface area contributed by atoms with E-state index in [-0.39, 0.29) is 5.69 Å². The molecule has 0 bridgehead atoms. The number of likely N-dealkylation sites (tertiary alicyclic amines) is 1. The molecule has 1 aromatic carbocycles. The first-order valence-corrected chi connectivity index (χ1v) is 8.16. The SMILES string of the molecule is Cc1cc(=O)c(C(=O)N2CCC(C(=O)O)CC2)nn1-c1ccccc1. The number of nitrogens with zero attached hydrogens (tertiary/aromatic N) is 3. The molecule has 2 heterocycles. The monoisotopic (exact) mass is 341 g/mol. The van der Waals surface area contributed by atoms with Crippen molar-refractivity contribution in [2.45, 2.75) is 19.8 Å². The second kappa shape index (κ2) is 6.88. The van der Waals surface area contributed by atoms with Gasteiger partial charge in [-0.1, -0.05) is 18.2 Å². The molecule has 1 N–H and O–H groups in total. The highest BCUT2D eigenvalue weighted by Crippen LogP contribution is 2.18. The Morgan fingerprint density at radius 3 is 2.40 bits per heavy atom. The fourth-order valence-electron chi connectivity index (χ4n) is 3.01. The predicted octanol–water partition coefficient (Wildman–Crippen LogP) is 1.48. The highest BCUT2D eigenvalue weighted by molar-refractivity contribution is 5.92. The van der Waals surface area contributed by atoms with Crippen LogP contribution in [0.5, 0.6) is 0 Å². The number of carbonyl (C=O) groups excluding carboxylic acids is 1. The van der Waals surface area contributed by atoms with E-state index in [2.05, 4.69) is 5.10 Å². The van der Waals surface area contributed by atoms with Crippen molar-refractivity contribution >= 4 is 11.9 Å². The third-order valence-corrected chi connectivity index (χ3v) is 4.44. The molecule has 1 amide bonds. The van der Waals surface area contributed by atoms with Crippen LogP contribution in [-0.2, 0) is 4.79 Å². The van der Waals surface area contributed by atoms with Crippen LogP contribution in [0.15, 0.2) is 41.2 Å². The maximum atomic E-state index is 12.7. The molecule has 1 aromatic heterocycles. The normalized spacial score (nSPS) is 15.2. The van der Waals surface area contributed by atoms with Crippen LogP contribution in [0.4, 0.5) is 0 Å². The van der Waals surface area contributed by atoms with Gasteiger partial charge in [-0.3, -0.25) is 14.4 Å². The first-order chi connectivity index (χ1) is 12.0. The van der Waals surface area contributed by atoms with Gasteiger partial charge < -0.3 is 10.0 Å². The topological polar surface area (TPSA) is 92.5 Å². The van der Waals surface area contributed by atoms with Gasteiger partial charge in [0.25, 0.3) is 5.91 Å². The first-order valence-electron chi connectivity index (χ1n) is 8.16. The lowest BCUT2D eigenvalue weighted by atomic mass is 9.97. The summed E-state index contributed by atoms with van der Waals surface area (Å²) >= 11 is 0. The average Bonchev–Trinajstić information content (AvgIpc) is 2.62. The number of hydrogen-bond donors (Lipinski definition) is 1. The lowest BCUT2D eigenvalue weighted by Crippen LogP contribution is -2.42. The summed E-state index contributed by atoms with van der Waals surface area (Å²) in [6, 6.07) is 10.7. The summed E-state index contributed by atoms with van der Waals surface area (Å²) in [6.07, 6.45) is 0.777. The number of aromatic nitrogens is 2. The molecular formula is C18H19N3O4. The Kier molecular flexibility index (Phi) is 4.65. The maximum absolute atomic E-state index is 12.7. The van der Waals surface area contributed by atoms with Crippen LogP contribution < -0.4 is 5.43 Å². The fraction of sp³-hybridized carbons (Fsp3) is 0.333. The number of aliphatic carboxylic acids is 1. The lowest BCUT2D eigenvalue weighted by Gasteiger charge is -2.29. The van der Waals surface area contributed by atoms with Gasteiger partial charge in [0.1, 0.15) is 0 Å². The summed E-state index contributed by atoms with van der Waals surface area (Å²) in [6.45, 7) is 2.39. The molecule has 0 saturated carbocycles. The van der Waals surface area contributed by atoms with E-state index in [1.54, 1.807) is 11.6 Å². The first kappa shape index (κ1) is 16.9. The summed E-state index contributed by atoms with van der Waals surface area (Å²) in [5.41, 5.74) is 0.842. The molecule has 1 saturated heterocycles. The summed E-state index contributed by atoms with van der Waals surface area (Å²) < 4.78 is 1.57. The Bertz CT molecular complexity index is 852. The minimum absolute atomic E-state index is 0.136. The van der Waals surface area contributed by atoms with Gasteiger partial charge in [-0.05, 0) is 31.9 Å². The standard InChI is InChI=1S/C18H19N3O4/c1-12-11-15(22)16(19-21(12)14-5-3-2-4-6-14)17(23)20-9-7-13(8-10-20)18(24)25/h2-6,11,13H,7-10H2,1H3,(H,24,25). The molecule has 0 unspecified atom stereocenters. The second-order valence-electron chi connectivity index (χ2n) is 6.15. The molecule has 2 aromatic rings. The van der Waals surface area contributed by atoms with E-state index < -0.39 is 23.2 Å². The maximum Gasteiger partial charge on any atom is 0.306 e. The van der Waals surface area contributed by atoms with E-state index in [4.69, 9.17) is 5.11 Å². The van der Waals surface area contributed by atoms with Gasteiger partial charge in [-0.15, -0.1) is 0 Å². The van der Waals surface area contributed by atoms with Crippen LogP contribution in [0.2, 0.25) is 0 Å². The number of carboxylic acids is 1. The molecule has 25 heavy (non-hydrogen) atoms. The minimum Gasteiger partial charge on any atom is -0.481 e. The molecule has 0 radical (unpaired) electrons. The fourth-order valence-corrected chi connectivity index (χ4v) is 3.01. The van der Waals surface area contributed by atoms with Gasteiger partial charge in [0.05, 0.1) is 11.6 Å². The highest BCUT2D eigenvalue weighted by atomic mass is 16.4. The Morgan fingerprint density at radius 2 is 1.80 bits per heavy atom. The zero-order valence-electron chi connectivity index (χ0n) is 13.9. The molecule has 0 atom stereocenters. The van der Waals surface area contributed by atoms with Gasteiger partial charge in [0, 0.05) is 24.8 Å². The van der Waals surface area contributed by atoms with Gasteiger partial charge in [-0.25, -0.2) is 4.68 Å². The summed E-state index contributed by atoms with van der Waals surface area (Å²) in [4.78, 5) is 37.5. The van der Waals surface area contributed by atoms with Gasteiger partial charge >= 0.3 is 5.97 Å². The third kappa shape index (κ3) is 3.45. The third-order valence-electron chi connectivity index (χ3n) is 4.44. The van der Waals surface area contributed by atoms with E-state index in [9.17, 15) is 14.4 Å². The quantitative estimate of drug-likeness (QED) is 0.913. The van der Waals surface area contributed by atoms with Crippen LogP contribution in [0.25, 0.3) is 5.69 Å². The average molecular weight is 341 g/mol. The van der Waals surface area contributed by atoms with Crippen molar-refractivity contribution in [3.05, 3.63) is 58.0 Å². The van der Waals surface area contributed by atoms with Crippen molar-refractivity contribution in [2.24, 2.45) is 5.92 Å². The highest BCUT2D eigenvalue weighted by Gasteiger charge is 2.29. The predicted molar refractivity (Wildman–Crippen MR) is 90.8 cm³/mol. The van der Waals surface area contributed by atoms with Crippen LogP contribution in [0.3, 0.4) is 0 Å². The van der Waals surface area contributed by atoms with Gasteiger partial charge in [0.2, 0.25) is 5.43 Å². The number of para-hydroxylation sites is 1. The largest absolute Gasteiger partial charge is 0.481 e. The second-order valence-corrected chi connectivity index (χ2v) is 6.15. The van der Waals surface area contributed by atoms with E-state index in [0.29, 0.717) is 31.6 Å². The number of hydrogen-bond acceptors (Lipinski definition) is 4. The number of rotatable bonds is 3. The summed E-state index contributed by atoms with van der Waals surface area (Å²) in [5.74, 6) is -1.72. The zero-order valence-corrected chi connectivity index (χ0v) is 13.9. The minimum atomic E-state index is -0.841. The number of amides is 1. The molecule has 0 aliphatic carbocycles. The molecule has 1 aliphatic heterocycles. The van der Waals surface area contributed by atoms with E-state index in [0.717, 1.165) is 5.69 Å². The van der Waals surface area contributed by atoms with Crippen molar-refractivity contribution in [3.8, 4) is 5.69 Å². The molecule has 3 rings (SSSR count). The number of carboxylic acid groups (broad SMARTS) is 1. The Hall–Kier alpha value is -2.96. The Labute approximate surface area is 144 Å². The van der Waals surface area contributed by atoms with E-state index in [1.165, 1.54) is 11.0 Å². The lowest BCUT2D eigenvalue weighted by molar-refractivity contribution is -0.143. The molecule has 1 aliphatic rings. The van der Waals surface area contributed by atoms with Crippen LogP contribution in [0.1, 0.15) is 29.0 Å². The van der Waals surface area contributed by atoms with Crippen LogP contribution in [0, 0.1) is 12.8 Å². The molecular weight excluding hydrogens is 322 g/mol. The molecule has 1 fully saturated rings. The number of carbonyl (C=O) groups is 2. The van der Waals surface area contributed by atoms with Crippen LogP contribution in [-0.4, -0.2) is 44.8 Å². The Balaban J connectivity index is 1.89. The number of benzene rings is 1. The zero-order chi connectivity index (χ0) is 18.0. The smallest absolute Gasteiger partial charge is 0.306 e. The van der Waals surface area contributed by atoms with Crippen molar-refractivity contribution in [2.75, 3.05) is 13.1 Å². The molecule has 0 spiro atoms. The Morgan fingerprint density at radius 1 is 1.16 bits per heavy atom. The van der Waals surface area contributed by atoms with Gasteiger partial charge in [-0.2, -0.15) is 5.10 Å². The van der Waals surface area contributed by atoms with E-state index in [1.807, 2.05) is 30.3 Å². The van der Waals surface area contributed by atoms with Crippen molar-refractivity contribution in [1.29, 1.82) is 0 Å². The number of piperidine rings is 1. The van der Waals surface area contributed by atoms with Crippen molar-refractivity contribution < 1.29 is 14.7 Å².